The lowest BCUT2D eigenvalue weighted by molar-refractivity contribution is -0.137. The fraction of sp³-hybridized carbons (Fsp3) is 0.360. The highest BCUT2D eigenvalue weighted by atomic mass is 19.4. The number of alkyl halides is 3. The van der Waals surface area contributed by atoms with E-state index in [0.29, 0.717) is 68.3 Å². The van der Waals surface area contributed by atoms with E-state index in [-0.39, 0.29) is 11.8 Å². The monoisotopic (exact) mass is 548 g/mol. The Kier molecular flexibility index (Phi) is 10.5. The maximum Gasteiger partial charge on any atom is 0.421 e. The molecular weight excluding hydrogens is 517 g/mol. The Morgan fingerprint density at radius 1 is 1.08 bits per heavy atom. The summed E-state index contributed by atoms with van der Waals surface area (Å²) in [5.41, 5.74) is 0.461. The molecule has 0 unspecified atom stereocenters. The summed E-state index contributed by atoms with van der Waals surface area (Å²) in [6, 6.07) is 10.1. The predicted molar refractivity (Wildman–Crippen MR) is 143 cm³/mol. The average molecular weight is 549 g/mol. The quantitative estimate of drug-likeness (QED) is 0.163. The molecule has 39 heavy (non-hydrogen) atoms. The first-order valence-electron chi connectivity index (χ1n) is 12.1. The van der Waals surface area contributed by atoms with Crippen LogP contribution in [-0.4, -0.2) is 68.4 Å². The number of hydrogen-bond donors (Lipinski definition) is 4. The zero-order valence-electron chi connectivity index (χ0n) is 21.8. The maximum atomic E-state index is 13.7. The van der Waals surface area contributed by atoms with Crippen molar-refractivity contribution in [2.45, 2.75) is 13.1 Å². The van der Waals surface area contributed by atoms with Crippen molar-refractivity contribution < 1.29 is 27.4 Å². The molecule has 3 rings (SSSR count). The molecule has 2 aromatic heterocycles. The molecule has 0 saturated heterocycles. The summed E-state index contributed by atoms with van der Waals surface area (Å²) in [4.78, 5) is 25.0. The smallest absolute Gasteiger partial charge is 0.421 e. The Morgan fingerprint density at radius 2 is 1.87 bits per heavy atom. The minimum absolute atomic E-state index is 0.0912. The van der Waals surface area contributed by atoms with Crippen molar-refractivity contribution in [2.75, 3.05) is 67.9 Å². The lowest BCUT2D eigenvalue weighted by atomic mass is 10.2. The molecule has 1 amide bonds. The zero-order valence-corrected chi connectivity index (χ0v) is 21.8. The number of pyridine rings is 1. The summed E-state index contributed by atoms with van der Waals surface area (Å²) in [5, 5.41) is 11.2. The first-order valence-corrected chi connectivity index (χ1v) is 12.1. The van der Waals surface area contributed by atoms with E-state index >= 15 is 0 Å². The number of benzene rings is 1. The highest BCUT2D eigenvalue weighted by Crippen LogP contribution is 2.36. The first-order chi connectivity index (χ1) is 18.8. The van der Waals surface area contributed by atoms with E-state index in [1.165, 1.54) is 7.11 Å². The Balaban J connectivity index is 1.88. The number of ether oxygens (including phenoxy) is 2. The number of rotatable bonds is 15. The van der Waals surface area contributed by atoms with Crippen molar-refractivity contribution in [1.29, 1.82) is 0 Å². The number of carbonyl (C=O) groups is 1. The summed E-state index contributed by atoms with van der Waals surface area (Å²) in [5.74, 6) is 0.231. The SMILES string of the molecule is CCOCCN(CCNC=O)c1ccc(Nc2ncc(C(F)(F)F)c(Nc3cccc(NC)c3)n2)c(OC)n1. The van der Waals surface area contributed by atoms with Crippen LogP contribution in [0.15, 0.2) is 42.6 Å². The van der Waals surface area contributed by atoms with Crippen LogP contribution in [0.1, 0.15) is 12.5 Å². The van der Waals surface area contributed by atoms with Gasteiger partial charge in [-0.2, -0.15) is 23.1 Å². The third kappa shape index (κ3) is 8.33. The molecule has 3 aromatic rings. The van der Waals surface area contributed by atoms with Crippen LogP contribution >= 0.6 is 0 Å². The minimum atomic E-state index is -4.67. The van der Waals surface area contributed by atoms with Crippen molar-refractivity contribution in [3.63, 3.8) is 0 Å². The standard InChI is InChI=1S/C25H31F3N8O3/c1-4-39-13-12-36(11-10-30-16-37)21-9-8-20(23(34-21)38-3)33-24-31-15-19(25(26,27)28)22(35-24)32-18-7-5-6-17(14-18)29-2/h5-9,14-16,29H,4,10-13H2,1-3H3,(H,30,37)(H2,31,32,33,35). The van der Waals surface area contributed by atoms with Gasteiger partial charge in [-0.3, -0.25) is 4.79 Å². The van der Waals surface area contributed by atoms with Crippen molar-refractivity contribution in [3.8, 4) is 5.88 Å². The second-order valence-electron chi connectivity index (χ2n) is 8.02. The summed E-state index contributed by atoms with van der Waals surface area (Å²) in [6.07, 6.45) is -3.35. The van der Waals surface area contributed by atoms with E-state index in [0.717, 1.165) is 0 Å². The number of amides is 1. The van der Waals surface area contributed by atoms with Gasteiger partial charge < -0.3 is 35.6 Å². The van der Waals surface area contributed by atoms with Crippen molar-refractivity contribution >= 4 is 41.1 Å². The van der Waals surface area contributed by atoms with Crippen LogP contribution in [0.2, 0.25) is 0 Å². The molecule has 0 aliphatic carbocycles. The maximum absolute atomic E-state index is 13.7. The van der Waals surface area contributed by atoms with E-state index in [2.05, 4.69) is 36.2 Å². The van der Waals surface area contributed by atoms with Crippen molar-refractivity contribution in [1.82, 2.24) is 20.3 Å². The zero-order chi connectivity index (χ0) is 28.3. The van der Waals surface area contributed by atoms with Gasteiger partial charge in [-0.25, -0.2) is 4.98 Å². The number of anilines is 6. The lowest BCUT2D eigenvalue weighted by Gasteiger charge is -2.24. The Labute approximate surface area is 224 Å². The van der Waals surface area contributed by atoms with E-state index in [4.69, 9.17) is 9.47 Å². The highest BCUT2D eigenvalue weighted by Gasteiger charge is 2.35. The third-order valence-electron chi connectivity index (χ3n) is 5.44. The van der Waals surface area contributed by atoms with Gasteiger partial charge in [0.2, 0.25) is 18.2 Å². The van der Waals surface area contributed by atoms with Gasteiger partial charge in [0.1, 0.15) is 22.9 Å². The van der Waals surface area contributed by atoms with Crippen LogP contribution in [0.3, 0.4) is 0 Å². The van der Waals surface area contributed by atoms with E-state index < -0.39 is 17.6 Å². The molecular formula is C25H31F3N8O3. The van der Waals surface area contributed by atoms with Gasteiger partial charge in [-0.1, -0.05) is 6.07 Å². The number of hydrogen-bond acceptors (Lipinski definition) is 10. The topological polar surface area (TPSA) is 126 Å². The summed E-state index contributed by atoms with van der Waals surface area (Å²) in [6.45, 7) is 4.29. The van der Waals surface area contributed by atoms with Crippen LogP contribution < -0.4 is 30.9 Å². The number of methoxy groups -OCH3 is 1. The molecule has 0 radical (unpaired) electrons. The first kappa shape index (κ1) is 29.2. The summed E-state index contributed by atoms with van der Waals surface area (Å²) < 4.78 is 52.0. The highest BCUT2D eigenvalue weighted by molar-refractivity contribution is 5.67. The number of halogens is 3. The molecule has 210 valence electrons. The van der Waals surface area contributed by atoms with Crippen LogP contribution in [0.5, 0.6) is 5.88 Å². The molecule has 0 atom stereocenters. The number of carbonyl (C=O) groups excluding carboxylic acids is 1. The van der Waals surface area contributed by atoms with Gasteiger partial charge in [0.15, 0.2) is 0 Å². The van der Waals surface area contributed by atoms with E-state index in [9.17, 15) is 18.0 Å². The summed E-state index contributed by atoms with van der Waals surface area (Å²) >= 11 is 0. The Morgan fingerprint density at radius 3 is 2.56 bits per heavy atom. The second-order valence-corrected chi connectivity index (χ2v) is 8.02. The van der Waals surface area contributed by atoms with Crippen LogP contribution in [0.25, 0.3) is 0 Å². The van der Waals surface area contributed by atoms with Gasteiger partial charge >= 0.3 is 6.18 Å². The average Bonchev–Trinajstić information content (AvgIpc) is 2.92. The fourth-order valence-electron chi connectivity index (χ4n) is 3.53. The predicted octanol–water partition coefficient (Wildman–Crippen LogP) is 4.02. The molecule has 1 aromatic carbocycles. The normalized spacial score (nSPS) is 11.0. The molecule has 14 heteroatoms. The Bertz CT molecular complexity index is 1230. The molecule has 11 nitrogen and oxygen atoms in total. The third-order valence-corrected chi connectivity index (χ3v) is 5.44. The van der Waals surface area contributed by atoms with Crippen LogP contribution in [0, 0.1) is 0 Å². The second kappa shape index (κ2) is 14.0. The summed E-state index contributed by atoms with van der Waals surface area (Å²) in [7, 11) is 3.13. The van der Waals surface area contributed by atoms with E-state index in [1.54, 1.807) is 43.4 Å². The molecule has 0 bridgehead atoms. The van der Waals surface area contributed by atoms with Crippen LogP contribution in [-0.2, 0) is 15.7 Å². The molecule has 0 fully saturated rings. The van der Waals surface area contributed by atoms with Gasteiger partial charge in [-0.05, 0) is 37.3 Å². The van der Waals surface area contributed by atoms with Gasteiger partial charge in [0.05, 0.1) is 13.7 Å². The minimum Gasteiger partial charge on any atom is -0.479 e. The van der Waals surface area contributed by atoms with Crippen LogP contribution in [0.4, 0.5) is 47.8 Å². The molecule has 0 aliphatic rings. The van der Waals surface area contributed by atoms with E-state index in [1.807, 2.05) is 11.8 Å². The lowest BCUT2D eigenvalue weighted by Crippen LogP contribution is -2.34. The van der Waals surface area contributed by atoms with Gasteiger partial charge in [-0.15, -0.1) is 0 Å². The largest absolute Gasteiger partial charge is 0.479 e. The molecule has 2 heterocycles. The Hall–Kier alpha value is -4.33. The van der Waals surface area contributed by atoms with Crippen molar-refractivity contribution in [2.24, 2.45) is 0 Å². The fourth-order valence-corrected chi connectivity index (χ4v) is 3.53. The number of nitrogens with zero attached hydrogens (tertiary/aromatic N) is 4. The number of aromatic nitrogens is 3. The molecule has 0 spiro atoms. The molecule has 0 aliphatic heterocycles. The molecule has 0 saturated carbocycles. The molecule has 4 N–H and O–H groups in total. The van der Waals surface area contributed by atoms with Crippen molar-refractivity contribution in [3.05, 3.63) is 48.2 Å². The number of nitrogens with one attached hydrogen (secondary N) is 4. The van der Waals surface area contributed by atoms with Gasteiger partial charge in [0, 0.05) is 50.9 Å². The van der Waals surface area contributed by atoms with Gasteiger partial charge in [0.25, 0.3) is 0 Å².